The Hall–Kier alpha value is -3.68. The largest absolute Gasteiger partial charge is 0.497 e. The summed E-state index contributed by atoms with van der Waals surface area (Å²) in [4.78, 5) is 28.5. The van der Waals surface area contributed by atoms with Gasteiger partial charge in [-0.05, 0) is 53.9 Å². The van der Waals surface area contributed by atoms with Crippen LogP contribution in [0.2, 0.25) is 0 Å². The summed E-state index contributed by atoms with van der Waals surface area (Å²) in [6.07, 6.45) is 1.50. The third kappa shape index (κ3) is 2.82. The number of ether oxygens (including phenoxy) is 1. The van der Waals surface area contributed by atoms with E-state index in [9.17, 15) is 14.0 Å². The van der Waals surface area contributed by atoms with Crippen LogP contribution in [0.3, 0.4) is 0 Å². The predicted molar refractivity (Wildman–Crippen MR) is 118 cm³/mol. The molecule has 0 bridgehead atoms. The van der Waals surface area contributed by atoms with Gasteiger partial charge in [0.15, 0.2) is 0 Å². The molecule has 7 nitrogen and oxygen atoms in total. The molecular weight excluding hydrogens is 411 g/mol. The van der Waals surface area contributed by atoms with Crippen LogP contribution in [0.1, 0.15) is 31.4 Å². The van der Waals surface area contributed by atoms with Crippen molar-refractivity contribution in [1.82, 2.24) is 9.78 Å². The average molecular weight is 434 g/mol. The van der Waals surface area contributed by atoms with Crippen molar-refractivity contribution in [3.8, 4) is 11.4 Å². The molecule has 0 saturated heterocycles. The molecule has 2 aromatic carbocycles. The Kier molecular flexibility index (Phi) is 4.54. The monoisotopic (exact) mass is 434 g/mol. The lowest BCUT2D eigenvalue weighted by atomic mass is 9.71. The van der Waals surface area contributed by atoms with Gasteiger partial charge in [-0.3, -0.25) is 9.59 Å². The molecule has 0 saturated carbocycles. The molecule has 2 aliphatic heterocycles. The Balaban J connectivity index is 1.72. The smallest absolute Gasteiger partial charge is 0.242 e. The maximum atomic E-state index is 14.4. The Bertz CT molecular complexity index is 1230. The Labute approximate surface area is 184 Å². The van der Waals surface area contributed by atoms with Crippen LogP contribution in [0.15, 0.2) is 48.7 Å². The molecule has 1 aromatic heterocycles. The van der Waals surface area contributed by atoms with Gasteiger partial charge in [0, 0.05) is 24.2 Å². The van der Waals surface area contributed by atoms with Gasteiger partial charge in [-0.2, -0.15) is 5.10 Å². The summed E-state index contributed by atoms with van der Waals surface area (Å²) in [5, 5.41) is 7.36. The molecule has 164 valence electrons. The van der Waals surface area contributed by atoms with Crippen molar-refractivity contribution >= 4 is 23.3 Å². The molecule has 0 radical (unpaired) electrons. The highest BCUT2D eigenvalue weighted by molar-refractivity contribution is 6.15. The number of amides is 2. The summed E-state index contributed by atoms with van der Waals surface area (Å²) >= 11 is 0. The van der Waals surface area contributed by atoms with Crippen LogP contribution in [0.4, 0.5) is 15.9 Å². The van der Waals surface area contributed by atoms with Gasteiger partial charge in [0.2, 0.25) is 11.8 Å². The fourth-order valence-electron chi connectivity index (χ4n) is 4.73. The Morgan fingerprint density at radius 3 is 2.59 bits per heavy atom. The lowest BCUT2D eigenvalue weighted by molar-refractivity contribution is -0.126. The number of fused-ring (bicyclic) bond motifs is 4. The first-order chi connectivity index (χ1) is 15.3. The number of carbonyl (C=O) groups excluding carboxylic acids is 2. The second kappa shape index (κ2) is 7.19. The summed E-state index contributed by atoms with van der Waals surface area (Å²) < 4.78 is 21.2. The van der Waals surface area contributed by atoms with Crippen LogP contribution < -0.4 is 15.0 Å². The highest BCUT2D eigenvalue weighted by Crippen LogP contribution is 2.52. The molecule has 5 rings (SSSR count). The zero-order valence-corrected chi connectivity index (χ0v) is 18.1. The maximum Gasteiger partial charge on any atom is 0.242 e. The molecule has 32 heavy (non-hydrogen) atoms. The van der Waals surface area contributed by atoms with Gasteiger partial charge < -0.3 is 15.0 Å². The van der Waals surface area contributed by atoms with E-state index in [-0.39, 0.29) is 24.2 Å². The summed E-state index contributed by atoms with van der Waals surface area (Å²) in [5.74, 6) is 0.319. The zero-order chi connectivity index (χ0) is 22.6. The van der Waals surface area contributed by atoms with Crippen molar-refractivity contribution in [3.63, 3.8) is 0 Å². The first-order valence-corrected chi connectivity index (χ1v) is 10.5. The molecular formula is C24H23FN4O3. The molecule has 1 N–H and O–H groups in total. The third-order valence-corrected chi connectivity index (χ3v) is 6.10. The van der Waals surface area contributed by atoms with E-state index in [1.54, 1.807) is 41.1 Å². The van der Waals surface area contributed by atoms with Crippen molar-refractivity contribution in [2.45, 2.75) is 25.7 Å². The lowest BCUT2D eigenvalue weighted by Crippen LogP contribution is -2.47. The van der Waals surface area contributed by atoms with Crippen LogP contribution in [0.25, 0.3) is 5.69 Å². The van der Waals surface area contributed by atoms with E-state index in [2.05, 4.69) is 10.4 Å². The predicted octanol–water partition coefficient (Wildman–Crippen LogP) is 3.65. The molecule has 2 amide bonds. The quantitative estimate of drug-likeness (QED) is 0.680. The fraction of sp³-hybridized carbons (Fsp3) is 0.292. The van der Waals surface area contributed by atoms with Crippen LogP contribution in [-0.4, -0.2) is 35.2 Å². The minimum atomic E-state index is -1.31. The van der Waals surface area contributed by atoms with Crippen LogP contribution >= 0.6 is 0 Å². The van der Waals surface area contributed by atoms with E-state index in [0.717, 1.165) is 0 Å². The Morgan fingerprint density at radius 1 is 1.16 bits per heavy atom. The molecule has 3 aromatic rings. The second-order valence-corrected chi connectivity index (χ2v) is 8.62. The van der Waals surface area contributed by atoms with Crippen molar-refractivity contribution < 1.29 is 18.7 Å². The van der Waals surface area contributed by atoms with Gasteiger partial charge in [0.25, 0.3) is 0 Å². The van der Waals surface area contributed by atoms with E-state index in [4.69, 9.17) is 4.74 Å². The number of nitrogens with zero attached hydrogens (tertiary/aromatic N) is 3. The summed E-state index contributed by atoms with van der Waals surface area (Å²) in [6, 6.07) is 11.6. The SMILES string of the molecule is COc1ccc(-n2ncc3c2NC(=O)CC32C(=O)N(CC(C)C)c3ccc(F)cc32)cc1. The molecule has 1 atom stereocenters. The first kappa shape index (κ1) is 20.2. The number of methoxy groups -OCH3 is 1. The van der Waals surface area contributed by atoms with Crippen molar-refractivity contribution in [2.75, 3.05) is 23.9 Å². The number of aromatic nitrogens is 2. The van der Waals surface area contributed by atoms with Crippen molar-refractivity contribution in [1.29, 1.82) is 0 Å². The minimum Gasteiger partial charge on any atom is -0.497 e. The number of hydrogen-bond donors (Lipinski definition) is 1. The van der Waals surface area contributed by atoms with Gasteiger partial charge in [-0.15, -0.1) is 0 Å². The number of rotatable bonds is 4. The van der Waals surface area contributed by atoms with Crippen LogP contribution in [-0.2, 0) is 15.0 Å². The lowest BCUT2D eigenvalue weighted by Gasteiger charge is -2.32. The minimum absolute atomic E-state index is 0.0990. The molecule has 3 heterocycles. The Morgan fingerprint density at radius 2 is 1.91 bits per heavy atom. The number of benzene rings is 2. The average Bonchev–Trinajstić information content (AvgIpc) is 3.28. The van der Waals surface area contributed by atoms with E-state index in [1.165, 1.54) is 12.1 Å². The number of nitrogens with one attached hydrogen (secondary N) is 1. The van der Waals surface area contributed by atoms with Gasteiger partial charge in [0.05, 0.1) is 19.0 Å². The van der Waals surface area contributed by atoms with Gasteiger partial charge in [0.1, 0.15) is 22.8 Å². The standard InChI is InChI=1S/C24H23FN4O3/c1-14(2)13-28-20-9-4-15(25)10-18(20)24(23(28)31)11-21(30)27-22-19(24)12-26-29(22)16-5-7-17(32-3)8-6-16/h4-10,12,14H,11,13H2,1-3H3,(H,27,30). The van der Waals surface area contributed by atoms with E-state index < -0.39 is 11.2 Å². The molecule has 2 aliphatic rings. The van der Waals surface area contributed by atoms with Crippen LogP contribution in [0.5, 0.6) is 5.75 Å². The van der Waals surface area contributed by atoms with Gasteiger partial charge >= 0.3 is 0 Å². The van der Waals surface area contributed by atoms with Crippen LogP contribution in [0, 0.1) is 11.7 Å². The highest BCUT2D eigenvalue weighted by atomic mass is 19.1. The fourth-order valence-corrected chi connectivity index (χ4v) is 4.73. The van der Waals surface area contributed by atoms with Gasteiger partial charge in [-0.25, -0.2) is 9.07 Å². The molecule has 1 spiro atoms. The highest BCUT2D eigenvalue weighted by Gasteiger charge is 2.57. The molecule has 8 heteroatoms. The van der Waals surface area contributed by atoms with E-state index >= 15 is 0 Å². The molecule has 1 unspecified atom stereocenters. The number of carbonyl (C=O) groups is 2. The third-order valence-electron chi connectivity index (χ3n) is 6.10. The molecule has 0 aliphatic carbocycles. The normalized spacial score (nSPS) is 19.3. The molecule has 0 fully saturated rings. The van der Waals surface area contributed by atoms with Crippen molar-refractivity contribution in [3.05, 3.63) is 65.6 Å². The first-order valence-electron chi connectivity index (χ1n) is 10.5. The zero-order valence-electron chi connectivity index (χ0n) is 18.1. The summed E-state index contributed by atoms with van der Waals surface area (Å²) in [5.41, 5.74) is 1.11. The summed E-state index contributed by atoms with van der Waals surface area (Å²) in [7, 11) is 1.58. The number of anilines is 2. The number of halogens is 1. The topological polar surface area (TPSA) is 76.5 Å². The van der Waals surface area contributed by atoms with E-state index in [1.807, 2.05) is 26.0 Å². The van der Waals surface area contributed by atoms with Gasteiger partial charge in [-0.1, -0.05) is 13.8 Å². The van der Waals surface area contributed by atoms with E-state index in [0.29, 0.717) is 40.6 Å². The summed E-state index contributed by atoms with van der Waals surface area (Å²) in [6.45, 7) is 4.51. The van der Waals surface area contributed by atoms with Crippen molar-refractivity contribution in [2.24, 2.45) is 5.92 Å². The maximum absolute atomic E-state index is 14.4. The second-order valence-electron chi connectivity index (χ2n) is 8.62. The number of hydrogen-bond acceptors (Lipinski definition) is 4.